The Morgan fingerprint density at radius 3 is 2.19 bits per heavy atom. The molecule has 2 aromatic carbocycles. The summed E-state index contributed by atoms with van der Waals surface area (Å²) in [5.74, 6) is 1.70. The van der Waals surface area contributed by atoms with E-state index >= 15 is 0 Å². The second-order valence-electron chi connectivity index (χ2n) is 10.3. The third-order valence-corrected chi connectivity index (χ3v) is 6.48. The van der Waals surface area contributed by atoms with Gasteiger partial charge in [0.05, 0.1) is 5.52 Å². The first kappa shape index (κ1) is 22.5. The SMILES string of the molecule is CN(C)c1nc(N[C@H]2CC[C@@H](NCc3ccc(C(C)(C)C)cc3)CC2)nc2ccccc12. The molecule has 0 amide bonds. The third kappa shape index (κ3) is 5.39. The molecule has 1 aliphatic rings. The molecule has 0 aliphatic heterocycles. The first-order chi connectivity index (χ1) is 15.3. The molecule has 1 fully saturated rings. The second kappa shape index (κ2) is 9.45. The number of hydrogen-bond acceptors (Lipinski definition) is 5. The van der Waals surface area contributed by atoms with E-state index in [1.54, 1.807) is 0 Å². The molecule has 0 saturated heterocycles. The van der Waals surface area contributed by atoms with Crippen molar-refractivity contribution >= 4 is 22.7 Å². The molecule has 1 aromatic heterocycles. The number of nitrogens with one attached hydrogen (secondary N) is 2. The molecule has 1 saturated carbocycles. The lowest BCUT2D eigenvalue weighted by Gasteiger charge is -2.30. The van der Waals surface area contributed by atoms with Gasteiger partial charge in [-0.25, -0.2) is 4.98 Å². The van der Waals surface area contributed by atoms with Gasteiger partial charge in [0.15, 0.2) is 0 Å². The molecule has 1 aliphatic carbocycles. The Labute approximate surface area is 192 Å². The first-order valence-electron chi connectivity index (χ1n) is 11.8. The number of anilines is 2. The van der Waals surface area contributed by atoms with Crippen molar-refractivity contribution < 1.29 is 0 Å². The summed E-state index contributed by atoms with van der Waals surface area (Å²) < 4.78 is 0. The summed E-state index contributed by atoms with van der Waals surface area (Å²) in [6, 6.07) is 18.3. The Morgan fingerprint density at radius 2 is 1.53 bits per heavy atom. The summed E-state index contributed by atoms with van der Waals surface area (Å²) in [6.45, 7) is 7.72. The topological polar surface area (TPSA) is 53.1 Å². The zero-order valence-electron chi connectivity index (χ0n) is 20.2. The van der Waals surface area contributed by atoms with Crippen molar-refractivity contribution in [1.29, 1.82) is 0 Å². The van der Waals surface area contributed by atoms with E-state index in [1.807, 2.05) is 26.2 Å². The van der Waals surface area contributed by atoms with Gasteiger partial charge in [0.1, 0.15) is 5.82 Å². The summed E-state index contributed by atoms with van der Waals surface area (Å²) in [6.07, 6.45) is 4.61. The molecule has 170 valence electrons. The lowest BCUT2D eigenvalue weighted by atomic mass is 9.86. The van der Waals surface area contributed by atoms with Crippen LogP contribution in [0.4, 0.5) is 11.8 Å². The van der Waals surface area contributed by atoms with Gasteiger partial charge in [-0.05, 0) is 54.4 Å². The van der Waals surface area contributed by atoms with Crippen molar-refractivity contribution in [3.63, 3.8) is 0 Å². The van der Waals surface area contributed by atoms with Crippen LogP contribution in [0.2, 0.25) is 0 Å². The molecule has 0 unspecified atom stereocenters. The molecule has 0 atom stereocenters. The molecule has 2 N–H and O–H groups in total. The number of fused-ring (bicyclic) bond motifs is 1. The van der Waals surface area contributed by atoms with Gasteiger partial charge >= 0.3 is 0 Å². The Balaban J connectivity index is 1.31. The number of benzene rings is 2. The van der Waals surface area contributed by atoms with Crippen LogP contribution in [-0.4, -0.2) is 36.1 Å². The highest BCUT2D eigenvalue weighted by Gasteiger charge is 2.22. The van der Waals surface area contributed by atoms with Crippen LogP contribution in [-0.2, 0) is 12.0 Å². The highest BCUT2D eigenvalue weighted by Crippen LogP contribution is 2.27. The van der Waals surface area contributed by atoms with Crippen LogP contribution < -0.4 is 15.5 Å². The van der Waals surface area contributed by atoms with Gasteiger partial charge in [0.25, 0.3) is 0 Å². The van der Waals surface area contributed by atoms with Crippen LogP contribution in [0.15, 0.2) is 48.5 Å². The van der Waals surface area contributed by atoms with Crippen molar-refractivity contribution in [3.05, 3.63) is 59.7 Å². The Hall–Kier alpha value is -2.66. The van der Waals surface area contributed by atoms with E-state index in [-0.39, 0.29) is 5.41 Å². The maximum Gasteiger partial charge on any atom is 0.225 e. The predicted molar refractivity (Wildman–Crippen MR) is 136 cm³/mol. The first-order valence-corrected chi connectivity index (χ1v) is 11.8. The number of rotatable bonds is 6. The van der Waals surface area contributed by atoms with Gasteiger partial charge in [0.2, 0.25) is 5.95 Å². The summed E-state index contributed by atoms with van der Waals surface area (Å²) in [5, 5.41) is 8.46. The molecule has 5 nitrogen and oxygen atoms in total. The Bertz CT molecular complexity index is 1030. The number of aromatic nitrogens is 2. The molecular weight excluding hydrogens is 394 g/mol. The van der Waals surface area contributed by atoms with E-state index in [0.717, 1.165) is 42.1 Å². The molecular formula is C27H37N5. The van der Waals surface area contributed by atoms with Gasteiger partial charge in [-0.1, -0.05) is 57.2 Å². The normalized spacial score (nSPS) is 19.2. The Morgan fingerprint density at radius 1 is 0.875 bits per heavy atom. The smallest absolute Gasteiger partial charge is 0.225 e. The van der Waals surface area contributed by atoms with Gasteiger partial charge in [-0.2, -0.15) is 4.98 Å². The van der Waals surface area contributed by atoms with Crippen molar-refractivity contribution in [2.24, 2.45) is 0 Å². The van der Waals surface area contributed by atoms with E-state index in [4.69, 9.17) is 9.97 Å². The fraction of sp³-hybridized carbons (Fsp3) is 0.481. The van der Waals surface area contributed by atoms with Crippen molar-refractivity contribution in [3.8, 4) is 0 Å². The van der Waals surface area contributed by atoms with Crippen LogP contribution in [0.25, 0.3) is 10.9 Å². The lowest BCUT2D eigenvalue weighted by Crippen LogP contribution is -2.37. The van der Waals surface area contributed by atoms with Gasteiger partial charge in [-0.3, -0.25) is 0 Å². The molecule has 4 rings (SSSR count). The molecule has 0 radical (unpaired) electrons. The summed E-state index contributed by atoms with van der Waals surface area (Å²) >= 11 is 0. The van der Waals surface area contributed by atoms with E-state index in [0.29, 0.717) is 12.1 Å². The summed E-state index contributed by atoms with van der Waals surface area (Å²) in [5.41, 5.74) is 3.95. The maximum atomic E-state index is 4.80. The van der Waals surface area contributed by atoms with Gasteiger partial charge in [0, 0.05) is 38.1 Å². The standard InChI is InChI=1S/C27H37N5/c1-27(2,3)20-12-10-19(11-13-20)18-28-21-14-16-22(17-15-21)29-26-30-24-9-7-6-8-23(24)25(31-26)32(4)5/h6-13,21-22,28H,14-18H2,1-5H3,(H,29,30,31)/t21-,22+. The van der Waals surface area contributed by atoms with Crippen LogP contribution in [0.5, 0.6) is 0 Å². The minimum Gasteiger partial charge on any atom is -0.362 e. The fourth-order valence-corrected chi connectivity index (χ4v) is 4.47. The Kier molecular flexibility index (Phi) is 6.66. The maximum absolute atomic E-state index is 4.80. The zero-order valence-corrected chi connectivity index (χ0v) is 20.2. The number of para-hydroxylation sites is 1. The molecule has 32 heavy (non-hydrogen) atoms. The number of nitrogens with zero attached hydrogens (tertiary/aromatic N) is 3. The molecule has 0 bridgehead atoms. The highest BCUT2D eigenvalue weighted by molar-refractivity contribution is 5.90. The quantitative estimate of drug-likeness (QED) is 0.539. The molecule has 0 spiro atoms. The van der Waals surface area contributed by atoms with E-state index in [2.05, 4.69) is 72.7 Å². The summed E-state index contributed by atoms with van der Waals surface area (Å²) in [7, 11) is 4.07. The minimum atomic E-state index is 0.208. The number of hydrogen-bond donors (Lipinski definition) is 2. The zero-order chi connectivity index (χ0) is 22.7. The van der Waals surface area contributed by atoms with E-state index < -0.39 is 0 Å². The monoisotopic (exact) mass is 431 g/mol. The lowest BCUT2D eigenvalue weighted by molar-refractivity contribution is 0.352. The van der Waals surface area contributed by atoms with Crippen LogP contribution in [0.3, 0.4) is 0 Å². The van der Waals surface area contributed by atoms with Crippen molar-refractivity contribution in [2.75, 3.05) is 24.3 Å². The highest BCUT2D eigenvalue weighted by atomic mass is 15.2. The summed E-state index contributed by atoms with van der Waals surface area (Å²) in [4.78, 5) is 11.6. The molecule has 3 aromatic rings. The van der Waals surface area contributed by atoms with Gasteiger partial charge in [-0.15, -0.1) is 0 Å². The van der Waals surface area contributed by atoms with Gasteiger partial charge < -0.3 is 15.5 Å². The average Bonchev–Trinajstić information content (AvgIpc) is 2.77. The largest absolute Gasteiger partial charge is 0.362 e. The fourth-order valence-electron chi connectivity index (χ4n) is 4.47. The molecule has 5 heteroatoms. The average molecular weight is 432 g/mol. The van der Waals surface area contributed by atoms with E-state index in [9.17, 15) is 0 Å². The predicted octanol–water partition coefficient (Wildman–Crippen LogP) is 5.51. The second-order valence-corrected chi connectivity index (χ2v) is 10.3. The van der Waals surface area contributed by atoms with E-state index in [1.165, 1.54) is 24.0 Å². The van der Waals surface area contributed by atoms with Crippen LogP contribution in [0.1, 0.15) is 57.6 Å². The van der Waals surface area contributed by atoms with Crippen molar-refractivity contribution in [1.82, 2.24) is 15.3 Å². The van der Waals surface area contributed by atoms with Crippen LogP contribution >= 0.6 is 0 Å². The minimum absolute atomic E-state index is 0.208. The van der Waals surface area contributed by atoms with Crippen LogP contribution in [0, 0.1) is 0 Å². The molecule has 1 heterocycles. The third-order valence-electron chi connectivity index (χ3n) is 6.48. The van der Waals surface area contributed by atoms with Crippen molar-refractivity contribution in [2.45, 2.75) is 70.5 Å².